The van der Waals surface area contributed by atoms with Crippen LogP contribution < -0.4 is 5.32 Å². The summed E-state index contributed by atoms with van der Waals surface area (Å²) in [5.74, 6) is 1.35. The van der Waals surface area contributed by atoms with E-state index in [-0.39, 0.29) is 11.9 Å². The zero-order valence-corrected chi connectivity index (χ0v) is 16.1. The van der Waals surface area contributed by atoms with Crippen LogP contribution in [0.5, 0.6) is 0 Å². The van der Waals surface area contributed by atoms with Crippen LogP contribution in [0.3, 0.4) is 0 Å². The molecule has 4 aromatic rings. The number of hydrogen-bond donors (Lipinski definition) is 2. The number of nitrogens with one attached hydrogen (secondary N) is 2. The van der Waals surface area contributed by atoms with E-state index in [0.717, 1.165) is 17.8 Å². The molecule has 0 radical (unpaired) electrons. The number of amides is 1. The second-order valence-corrected chi connectivity index (χ2v) is 7.16. The van der Waals surface area contributed by atoms with Gasteiger partial charge >= 0.3 is 0 Å². The number of H-pyrrole nitrogens is 1. The van der Waals surface area contributed by atoms with Gasteiger partial charge < -0.3 is 5.32 Å². The van der Waals surface area contributed by atoms with E-state index in [1.54, 1.807) is 24.0 Å². The van der Waals surface area contributed by atoms with Gasteiger partial charge in [-0.2, -0.15) is 16.9 Å². The maximum Gasteiger partial charge on any atom is 0.269 e. The molecule has 2 N–H and O–H groups in total. The lowest BCUT2D eigenvalue weighted by atomic mass is 10.2. The second-order valence-electron chi connectivity index (χ2n) is 6.18. The molecule has 0 aliphatic rings. The number of fused-ring (bicyclic) bond motifs is 1. The molecule has 28 heavy (non-hydrogen) atoms. The van der Waals surface area contributed by atoms with Crippen LogP contribution in [0.4, 0.5) is 0 Å². The Labute approximate surface area is 165 Å². The Kier molecular flexibility index (Phi) is 5.34. The van der Waals surface area contributed by atoms with Crippen LogP contribution in [-0.2, 0) is 0 Å². The Bertz CT molecular complexity index is 1080. The van der Waals surface area contributed by atoms with Crippen molar-refractivity contribution in [2.75, 3.05) is 12.0 Å². The van der Waals surface area contributed by atoms with E-state index in [2.05, 4.69) is 30.7 Å². The first kappa shape index (κ1) is 18.2. The summed E-state index contributed by atoms with van der Waals surface area (Å²) < 4.78 is 1.90. The van der Waals surface area contributed by atoms with E-state index in [1.807, 2.05) is 53.3 Å². The van der Waals surface area contributed by atoms with Gasteiger partial charge in [-0.1, -0.05) is 12.1 Å². The molecule has 0 saturated carbocycles. The summed E-state index contributed by atoms with van der Waals surface area (Å²) in [6.45, 7) is 0. The summed E-state index contributed by atoms with van der Waals surface area (Å²) in [7, 11) is 0. The van der Waals surface area contributed by atoms with Crippen LogP contribution in [0, 0.1) is 0 Å². The molecule has 9 heteroatoms. The number of pyridine rings is 2. The molecule has 0 fully saturated rings. The molecule has 0 spiro atoms. The quantitative estimate of drug-likeness (QED) is 0.501. The molecule has 0 aromatic carbocycles. The number of carbonyl (C=O) groups is 1. The fourth-order valence-corrected chi connectivity index (χ4v) is 3.39. The molecule has 142 valence electrons. The van der Waals surface area contributed by atoms with Crippen LogP contribution in [0.2, 0.25) is 0 Å². The number of aromatic nitrogens is 6. The van der Waals surface area contributed by atoms with Gasteiger partial charge in [0.05, 0.1) is 11.7 Å². The molecular formula is C19H19N7OS. The van der Waals surface area contributed by atoms with Gasteiger partial charge in [0, 0.05) is 12.4 Å². The van der Waals surface area contributed by atoms with Crippen molar-refractivity contribution in [1.29, 1.82) is 0 Å². The Morgan fingerprint density at radius 2 is 2.11 bits per heavy atom. The van der Waals surface area contributed by atoms with Crippen LogP contribution >= 0.6 is 11.8 Å². The lowest BCUT2D eigenvalue weighted by Gasteiger charge is -2.16. The molecule has 4 aromatic heterocycles. The minimum Gasteiger partial charge on any atom is -0.341 e. The topological polar surface area (TPSA) is 101 Å². The smallest absolute Gasteiger partial charge is 0.269 e. The Morgan fingerprint density at radius 3 is 2.93 bits per heavy atom. The third kappa shape index (κ3) is 3.74. The minimum absolute atomic E-state index is 0.242. The first-order chi connectivity index (χ1) is 13.8. The van der Waals surface area contributed by atoms with Gasteiger partial charge in [0.25, 0.3) is 5.91 Å². The van der Waals surface area contributed by atoms with Gasteiger partial charge in [0.2, 0.25) is 0 Å². The van der Waals surface area contributed by atoms with Crippen molar-refractivity contribution in [1.82, 2.24) is 35.1 Å². The fraction of sp³-hybridized carbons (Fsp3) is 0.211. The van der Waals surface area contributed by atoms with E-state index in [4.69, 9.17) is 0 Å². The third-order valence-electron chi connectivity index (χ3n) is 4.32. The van der Waals surface area contributed by atoms with Gasteiger partial charge in [0.15, 0.2) is 11.5 Å². The summed E-state index contributed by atoms with van der Waals surface area (Å²) in [6.07, 6.45) is 6.37. The fourth-order valence-electron chi connectivity index (χ4n) is 2.92. The Morgan fingerprint density at radius 1 is 1.21 bits per heavy atom. The number of nitrogens with zero attached hydrogens (tertiary/aromatic N) is 5. The van der Waals surface area contributed by atoms with Crippen molar-refractivity contribution in [3.8, 4) is 11.4 Å². The molecule has 1 unspecified atom stereocenters. The van der Waals surface area contributed by atoms with E-state index in [1.165, 1.54) is 0 Å². The summed E-state index contributed by atoms with van der Waals surface area (Å²) >= 11 is 1.72. The predicted octanol–water partition coefficient (Wildman–Crippen LogP) is 2.74. The standard InChI is InChI=1S/C19H19N7OS/c1-28-11-8-14(18-25-24-17-7-3-5-10-26(17)18)21-19(27)16-12-15(22-23-16)13-6-2-4-9-20-13/h2-7,9-10,12,14H,8,11H2,1H3,(H,21,27)(H,22,23). The first-order valence-electron chi connectivity index (χ1n) is 8.82. The summed E-state index contributed by atoms with van der Waals surface area (Å²) in [6, 6.07) is 12.7. The number of hydrogen-bond acceptors (Lipinski definition) is 6. The molecule has 4 rings (SSSR count). The van der Waals surface area contributed by atoms with Gasteiger partial charge in [0.1, 0.15) is 11.4 Å². The molecule has 8 nitrogen and oxygen atoms in total. The zero-order chi connectivity index (χ0) is 19.3. The monoisotopic (exact) mass is 393 g/mol. The Balaban J connectivity index is 1.57. The van der Waals surface area contributed by atoms with Crippen LogP contribution in [0.25, 0.3) is 17.0 Å². The summed E-state index contributed by atoms with van der Waals surface area (Å²) in [5.41, 5.74) is 2.46. The normalized spacial score (nSPS) is 12.2. The van der Waals surface area contributed by atoms with E-state index in [9.17, 15) is 4.79 Å². The highest BCUT2D eigenvalue weighted by molar-refractivity contribution is 7.98. The predicted molar refractivity (Wildman–Crippen MR) is 108 cm³/mol. The van der Waals surface area contributed by atoms with Gasteiger partial charge in [-0.15, -0.1) is 10.2 Å². The third-order valence-corrected chi connectivity index (χ3v) is 4.96. The van der Waals surface area contributed by atoms with Crippen LogP contribution in [0.1, 0.15) is 28.8 Å². The molecule has 4 heterocycles. The van der Waals surface area contributed by atoms with E-state index in [0.29, 0.717) is 22.9 Å². The van der Waals surface area contributed by atoms with Gasteiger partial charge in [-0.3, -0.25) is 19.3 Å². The average molecular weight is 393 g/mol. The molecular weight excluding hydrogens is 374 g/mol. The number of carbonyl (C=O) groups excluding carboxylic acids is 1. The number of rotatable bonds is 7. The average Bonchev–Trinajstić information content (AvgIpc) is 3.39. The van der Waals surface area contributed by atoms with Crippen LogP contribution in [-0.4, -0.2) is 47.7 Å². The van der Waals surface area contributed by atoms with E-state index < -0.39 is 0 Å². The van der Waals surface area contributed by atoms with E-state index >= 15 is 0 Å². The van der Waals surface area contributed by atoms with Crippen molar-refractivity contribution in [3.05, 3.63) is 66.4 Å². The van der Waals surface area contributed by atoms with Crippen molar-refractivity contribution in [3.63, 3.8) is 0 Å². The van der Waals surface area contributed by atoms with Crippen molar-refractivity contribution < 1.29 is 4.79 Å². The largest absolute Gasteiger partial charge is 0.341 e. The summed E-state index contributed by atoms with van der Waals surface area (Å²) in [4.78, 5) is 17.1. The molecule has 1 atom stereocenters. The molecule has 0 aliphatic carbocycles. The SMILES string of the molecule is CSCCC(NC(=O)c1cc(-c2ccccn2)n[nH]1)c1nnc2ccccn12. The maximum atomic E-state index is 12.8. The number of thioether (sulfide) groups is 1. The highest BCUT2D eigenvalue weighted by Gasteiger charge is 2.22. The number of aromatic amines is 1. The van der Waals surface area contributed by atoms with Crippen molar-refractivity contribution >= 4 is 23.3 Å². The zero-order valence-electron chi connectivity index (χ0n) is 15.2. The van der Waals surface area contributed by atoms with Crippen molar-refractivity contribution in [2.24, 2.45) is 0 Å². The lowest BCUT2D eigenvalue weighted by Crippen LogP contribution is -2.30. The lowest BCUT2D eigenvalue weighted by molar-refractivity contribution is 0.0928. The summed E-state index contributed by atoms with van der Waals surface area (Å²) in [5, 5.41) is 18.6. The molecule has 0 saturated heterocycles. The molecule has 1 amide bonds. The van der Waals surface area contributed by atoms with Crippen molar-refractivity contribution in [2.45, 2.75) is 12.5 Å². The van der Waals surface area contributed by atoms with Crippen LogP contribution in [0.15, 0.2) is 54.9 Å². The Hall–Kier alpha value is -3.20. The second kappa shape index (κ2) is 8.22. The minimum atomic E-state index is -0.265. The highest BCUT2D eigenvalue weighted by atomic mass is 32.2. The maximum absolute atomic E-state index is 12.8. The first-order valence-corrected chi connectivity index (χ1v) is 10.2. The highest BCUT2D eigenvalue weighted by Crippen LogP contribution is 2.20. The van der Waals surface area contributed by atoms with Gasteiger partial charge in [-0.05, 0) is 48.8 Å². The molecule has 0 aliphatic heterocycles. The molecule has 0 bridgehead atoms. The van der Waals surface area contributed by atoms with Gasteiger partial charge in [-0.25, -0.2) is 0 Å².